The second-order valence-corrected chi connectivity index (χ2v) is 4.99. The Morgan fingerprint density at radius 3 is 2.53 bits per heavy atom. The highest BCUT2D eigenvalue weighted by Gasteiger charge is 2.33. The van der Waals surface area contributed by atoms with E-state index in [1.54, 1.807) is 25.8 Å². The molecular formula is C11H20N2O4. The quantitative estimate of drug-likeness (QED) is 0.736. The maximum absolute atomic E-state index is 11.5. The SMILES string of the molecule is COC(=O)[C@@H]1CCCN1NC(=O)OC(C)(C)C. The van der Waals surface area contributed by atoms with Gasteiger partial charge in [0.1, 0.15) is 11.6 Å². The molecule has 0 aromatic heterocycles. The number of methoxy groups -OCH3 is 1. The second kappa shape index (κ2) is 5.35. The van der Waals surface area contributed by atoms with E-state index in [0.29, 0.717) is 13.0 Å². The van der Waals surface area contributed by atoms with Crippen molar-refractivity contribution in [1.82, 2.24) is 10.4 Å². The molecule has 98 valence electrons. The molecule has 6 nitrogen and oxygen atoms in total. The summed E-state index contributed by atoms with van der Waals surface area (Å²) in [6.07, 6.45) is 0.978. The Morgan fingerprint density at radius 2 is 2.00 bits per heavy atom. The van der Waals surface area contributed by atoms with Crippen LogP contribution in [0.3, 0.4) is 0 Å². The summed E-state index contributed by atoms with van der Waals surface area (Å²) in [6, 6.07) is -0.410. The molecule has 6 heteroatoms. The van der Waals surface area contributed by atoms with Crippen molar-refractivity contribution in [3.8, 4) is 0 Å². The smallest absolute Gasteiger partial charge is 0.422 e. The standard InChI is InChI=1S/C11H20N2O4/c1-11(2,3)17-10(15)12-13-7-5-6-8(13)9(14)16-4/h8H,5-7H2,1-4H3,(H,12,15)/t8-/m0/s1. The normalized spacial score (nSPS) is 21.1. The van der Waals surface area contributed by atoms with Crippen LogP contribution in [0.2, 0.25) is 0 Å². The number of carbonyl (C=O) groups is 2. The molecule has 1 fully saturated rings. The van der Waals surface area contributed by atoms with Gasteiger partial charge in [0.2, 0.25) is 0 Å². The topological polar surface area (TPSA) is 67.9 Å². The summed E-state index contributed by atoms with van der Waals surface area (Å²) >= 11 is 0. The lowest BCUT2D eigenvalue weighted by Gasteiger charge is -2.25. The van der Waals surface area contributed by atoms with Crippen molar-refractivity contribution in [2.24, 2.45) is 0 Å². The number of hydrogen-bond acceptors (Lipinski definition) is 5. The van der Waals surface area contributed by atoms with Crippen molar-refractivity contribution in [1.29, 1.82) is 0 Å². The fraction of sp³-hybridized carbons (Fsp3) is 0.818. The van der Waals surface area contributed by atoms with E-state index in [9.17, 15) is 9.59 Å². The molecule has 0 unspecified atom stereocenters. The number of esters is 1. The molecule has 0 spiro atoms. The van der Waals surface area contributed by atoms with Crippen LogP contribution in [-0.4, -0.2) is 42.4 Å². The minimum absolute atomic E-state index is 0.335. The molecule has 1 N–H and O–H groups in total. The summed E-state index contributed by atoms with van der Waals surface area (Å²) in [5.41, 5.74) is 2.02. The lowest BCUT2D eigenvalue weighted by molar-refractivity contribution is -0.146. The molecule has 0 aromatic carbocycles. The number of nitrogens with zero attached hydrogens (tertiary/aromatic N) is 1. The lowest BCUT2D eigenvalue weighted by atomic mass is 10.2. The molecule has 1 rings (SSSR count). The minimum Gasteiger partial charge on any atom is -0.468 e. The monoisotopic (exact) mass is 244 g/mol. The van der Waals surface area contributed by atoms with E-state index in [2.05, 4.69) is 10.2 Å². The molecular weight excluding hydrogens is 224 g/mol. The minimum atomic E-state index is -0.551. The Hall–Kier alpha value is -1.30. The molecule has 0 saturated carbocycles. The summed E-state index contributed by atoms with van der Waals surface area (Å²) in [4.78, 5) is 23.0. The van der Waals surface area contributed by atoms with Crippen LogP contribution in [0.1, 0.15) is 33.6 Å². The largest absolute Gasteiger partial charge is 0.468 e. The molecule has 1 heterocycles. The molecule has 0 aromatic rings. The van der Waals surface area contributed by atoms with Crippen molar-refractivity contribution < 1.29 is 19.1 Å². The van der Waals surface area contributed by atoms with Crippen LogP contribution in [0, 0.1) is 0 Å². The van der Waals surface area contributed by atoms with Gasteiger partial charge in [0.05, 0.1) is 7.11 Å². The average Bonchev–Trinajstić information content (AvgIpc) is 2.61. The number of rotatable bonds is 2. The summed E-state index contributed by atoms with van der Waals surface area (Å²) in [5.74, 6) is -0.335. The van der Waals surface area contributed by atoms with Crippen LogP contribution in [0.5, 0.6) is 0 Å². The predicted molar refractivity (Wildman–Crippen MR) is 61.1 cm³/mol. The molecule has 1 aliphatic heterocycles. The first kappa shape index (κ1) is 13.8. The molecule has 0 bridgehead atoms. The fourth-order valence-corrected chi connectivity index (χ4v) is 1.70. The third kappa shape index (κ3) is 4.22. The van der Waals surface area contributed by atoms with Crippen molar-refractivity contribution in [3.63, 3.8) is 0 Å². The molecule has 1 amide bonds. The van der Waals surface area contributed by atoms with Gasteiger partial charge in [0.25, 0.3) is 0 Å². The molecule has 1 atom stereocenters. The van der Waals surface area contributed by atoms with Gasteiger partial charge in [0, 0.05) is 6.54 Å². The Kier molecular flexibility index (Phi) is 4.34. The zero-order chi connectivity index (χ0) is 13.1. The number of hydrazine groups is 1. The van der Waals surface area contributed by atoms with E-state index in [-0.39, 0.29) is 5.97 Å². The third-order valence-corrected chi connectivity index (χ3v) is 2.36. The average molecular weight is 244 g/mol. The molecule has 1 saturated heterocycles. The number of ether oxygens (including phenoxy) is 2. The first-order chi connectivity index (χ1) is 7.83. The van der Waals surface area contributed by atoms with E-state index in [1.807, 2.05) is 0 Å². The van der Waals surface area contributed by atoms with Gasteiger partial charge in [0.15, 0.2) is 0 Å². The third-order valence-electron chi connectivity index (χ3n) is 2.36. The van der Waals surface area contributed by atoms with E-state index < -0.39 is 17.7 Å². The summed E-state index contributed by atoms with van der Waals surface area (Å²) in [6.45, 7) is 5.98. The van der Waals surface area contributed by atoms with Crippen LogP contribution in [-0.2, 0) is 14.3 Å². The molecule has 0 aliphatic carbocycles. The Balaban J connectivity index is 2.50. The Bertz CT molecular complexity index is 298. The predicted octanol–water partition coefficient (Wildman–Crippen LogP) is 1.06. The van der Waals surface area contributed by atoms with Crippen LogP contribution in [0.4, 0.5) is 4.79 Å². The highest BCUT2D eigenvalue weighted by Crippen LogP contribution is 2.16. The van der Waals surface area contributed by atoms with Gasteiger partial charge in [-0.3, -0.25) is 10.2 Å². The van der Waals surface area contributed by atoms with Gasteiger partial charge >= 0.3 is 12.1 Å². The zero-order valence-electron chi connectivity index (χ0n) is 10.8. The van der Waals surface area contributed by atoms with Gasteiger partial charge in [-0.05, 0) is 33.6 Å². The maximum Gasteiger partial charge on any atom is 0.422 e. The first-order valence-electron chi connectivity index (χ1n) is 5.67. The van der Waals surface area contributed by atoms with Gasteiger partial charge < -0.3 is 9.47 Å². The first-order valence-corrected chi connectivity index (χ1v) is 5.67. The van der Waals surface area contributed by atoms with Crippen LogP contribution in [0.15, 0.2) is 0 Å². The van der Waals surface area contributed by atoms with Crippen LogP contribution < -0.4 is 5.43 Å². The van der Waals surface area contributed by atoms with Gasteiger partial charge in [-0.2, -0.15) is 0 Å². The summed E-state index contributed by atoms with van der Waals surface area (Å²) < 4.78 is 9.79. The van der Waals surface area contributed by atoms with Gasteiger partial charge in [-0.1, -0.05) is 0 Å². The van der Waals surface area contributed by atoms with E-state index in [4.69, 9.17) is 4.74 Å². The van der Waals surface area contributed by atoms with Gasteiger partial charge in [-0.15, -0.1) is 0 Å². The van der Waals surface area contributed by atoms with E-state index in [0.717, 1.165) is 6.42 Å². The Morgan fingerprint density at radius 1 is 1.35 bits per heavy atom. The molecule has 1 aliphatic rings. The van der Waals surface area contributed by atoms with Gasteiger partial charge in [-0.25, -0.2) is 9.80 Å². The van der Waals surface area contributed by atoms with Crippen LogP contribution in [0.25, 0.3) is 0 Å². The molecule has 17 heavy (non-hydrogen) atoms. The number of amides is 1. The van der Waals surface area contributed by atoms with Crippen molar-refractivity contribution in [2.75, 3.05) is 13.7 Å². The van der Waals surface area contributed by atoms with Crippen molar-refractivity contribution >= 4 is 12.1 Å². The fourth-order valence-electron chi connectivity index (χ4n) is 1.70. The van der Waals surface area contributed by atoms with Crippen molar-refractivity contribution in [2.45, 2.75) is 45.3 Å². The van der Waals surface area contributed by atoms with Crippen molar-refractivity contribution in [3.05, 3.63) is 0 Å². The van der Waals surface area contributed by atoms with E-state index in [1.165, 1.54) is 7.11 Å². The van der Waals surface area contributed by atoms with Crippen LogP contribution >= 0.6 is 0 Å². The highest BCUT2D eigenvalue weighted by molar-refractivity contribution is 5.76. The summed E-state index contributed by atoms with van der Waals surface area (Å²) in [7, 11) is 1.34. The molecule has 0 radical (unpaired) electrons. The second-order valence-electron chi connectivity index (χ2n) is 4.99. The lowest BCUT2D eigenvalue weighted by Crippen LogP contribution is -2.49. The Labute approximate surface area is 101 Å². The number of carbonyl (C=O) groups excluding carboxylic acids is 2. The highest BCUT2D eigenvalue weighted by atomic mass is 16.6. The van der Waals surface area contributed by atoms with E-state index >= 15 is 0 Å². The maximum atomic E-state index is 11.5. The zero-order valence-corrected chi connectivity index (χ0v) is 10.8. The number of hydrogen-bond donors (Lipinski definition) is 1. The number of nitrogens with one attached hydrogen (secondary N) is 1. The summed E-state index contributed by atoms with van der Waals surface area (Å²) in [5, 5.41) is 1.57.